The number of amides is 1. The Balaban J connectivity index is 1.41. The van der Waals surface area contributed by atoms with Crippen molar-refractivity contribution >= 4 is 45.6 Å². The number of hydrogen-bond donors (Lipinski definition) is 2. The van der Waals surface area contributed by atoms with Crippen LogP contribution in [0.1, 0.15) is 15.2 Å². The van der Waals surface area contributed by atoms with Gasteiger partial charge in [-0.25, -0.2) is 4.98 Å². The molecule has 4 N–H and O–H groups in total. The van der Waals surface area contributed by atoms with Crippen LogP contribution in [0.2, 0.25) is 5.02 Å². The fourth-order valence-corrected chi connectivity index (χ4v) is 4.92. The maximum absolute atomic E-state index is 12.1. The number of thiophene rings is 1. The molecule has 0 fully saturated rings. The molecule has 5 rings (SSSR count). The van der Waals surface area contributed by atoms with Gasteiger partial charge in [-0.1, -0.05) is 29.8 Å². The molecule has 0 unspecified atom stereocenters. The normalized spacial score (nSPS) is 11.2. The molecule has 0 saturated heterocycles. The Kier molecular flexibility index (Phi) is 5.72. The van der Waals surface area contributed by atoms with Gasteiger partial charge in [0.2, 0.25) is 0 Å². The Bertz CT molecular complexity index is 1520. The van der Waals surface area contributed by atoms with Gasteiger partial charge in [-0.3, -0.25) is 14.0 Å². The molecule has 8 nitrogen and oxygen atoms in total. The summed E-state index contributed by atoms with van der Waals surface area (Å²) in [6, 6.07) is 13.3. The number of halogens is 1. The summed E-state index contributed by atoms with van der Waals surface area (Å²) in [6.07, 6.45) is 6.04. The molecule has 0 bridgehead atoms. The number of nitrogen functional groups attached to an aromatic ring is 1. The molecule has 0 radical (unpaired) electrons. The summed E-state index contributed by atoms with van der Waals surface area (Å²) in [7, 11) is 1.88. The Morgan fingerprint density at radius 2 is 2.06 bits per heavy atom. The van der Waals surface area contributed by atoms with Crippen LogP contribution in [0.25, 0.3) is 27.2 Å². The first-order valence-corrected chi connectivity index (χ1v) is 11.7. The molecule has 0 saturated carbocycles. The third-order valence-corrected chi connectivity index (χ3v) is 7.06. The van der Waals surface area contributed by atoms with Crippen molar-refractivity contribution in [1.29, 1.82) is 0 Å². The van der Waals surface area contributed by atoms with Gasteiger partial charge in [-0.05, 0) is 29.3 Å². The van der Waals surface area contributed by atoms with E-state index in [1.165, 1.54) is 11.3 Å². The van der Waals surface area contributed by atoms with Gasteiger partial charge >= 0.3 is 0 Å². The van der Waals surface area contributed by atoms with Crippen LogP contribution in [-0.4, -0.2) is 31.8 Å². The van der Waals surface area contributed by atoms with Crippen LogP contribution >= 0.6 is 22.9 Å². The lowest BCUT2D eigenvalue weighted by atomic mass is 10.1. The summed E-state index contributed by atoms with van der Waals surface area (Å²) in [4.78, 5) is 17.0. The van der Waals surface area contributed by atoms with Gasteiger partial charge in [0.1, 0.15) is 22.0 Å². The maximum Gasteiger partial charge on any atom is 0.262 e. The van der Waals surface area contributed by atoms with Crippen LogP contribution in [-0.2, 0) is 13.5 Å². The Hall–Kier alpha value is -3.82. The van der Waals surface area contributed by atoms with Gasteiger partial charge in [-0.2, -0.15) is 5.10 Å². The van der Waals surface area contributed by atoms with Crippen molar-refractivity contribution in [2.75, 3.05) is 12.3 Å². The van der Waals surface area contributed by atoms with Gasteiger partial charge in [-0.15, -0.1) is 11.3 Å². The van der Waals surface area contributed by atoms with E-state index in [0.29, 0.717) is 34.4 Å². The average molecular weight is 493 g/mol. The van der Waals surface area contributed by atoms with E-state index in [0.717, 1.165) is 32.7 Å². The molecule has 10 heteroatoms. The monoisotopic (exact) mass is 492 g/mol. The number of aromatic nitrogens is 4. The molecule has 3 aromatic heterocycles. The Morgan fingerprint density at radius 1 is 1.21 bits per heavy atom. The third kappa shape index (κ3) is 4.11. The second-order valence-corrected chi connectivity index (χ2v) is 9.19. The number of fused-ring (bicyclic) bond motifs is 1. The molecule has 172 valence electrons. The van der Waals surface area contributed by atoms with Gasteiger partial charge in [0.25, 0.3) is 5.91 Å². The number of aryl methyl sites for hydroxylation is 1. The summed E-state index contributed by atoms with van der Waals surface area (Å²) < 4.78 is 9.61. The first kappa shape index (κ1) is 22.0. The average Bonchev–Trinajstić information content (AvgIpc) is 3.54. The number of hydrogen-bond acceptors (Lipinski definition) is 6. The molecule has 2 aromatic carbocycles. The molecule has 34 heavy (non-hydrogen) atoms. The quantitative estimate of drug-likeness (QED) is 0.326. The molecule has 1 amide bonds. The molecule has 3 heterocycles. The van der Waals surface area contributed by atoms with Crippen molar-refractivity contribution in [2.24, 2.45) is 12.8 Å². The number of nitrogens with zero attached hydrogens (tertiary/aromatic N) is 4. The number of primary amides is 1. The van der Waals surface area contributed by atoms with Crippen molar-refractivity contribution in [3.63, 3.8) is 0 Å². The molecule has 0 spiro atoms. The lowest BCUT2D eigenvalue weighted by molar-refractivity contribution is 0.100. The SMILES string of the molecule is Cn1cc(-c2ccc3c(c2)ncn3-c2cc(OCCc3cccc(N)c3Cl)c(C(N)=O)s2)cn1. The number of benzene rings is 2. The smallest absolute Gasteiger partial charge is 0.262 e. The van der Waals surface area contributed by atoms with Crippen molar-refractivity contribution < 1.29 is 9.53 Å². The van der Waals surface area contributed by atoms with E-state index in [-0.39, 0.29) is 0 Å². The predicted octanol–water partition coefficient (Wildman–Crippen LogP) is 4.44. The minimum absolute atomic E-state index is 0.318. The number of anilines is 1. The molecule has 0 aliphatic heterocycles. The summed E-state index contributed by atoms with van der Waals surface area (Å²) in [5.74, 6) is -0.113. The number of carbonyl (C=O) groups is 1. The van der Waals surface area contributed by atoms with E-state index in [1.807, 2.05) is 60.4 Å². The van der Waals surface area contributed by atoms with Crippen molar-refractivity contribution in [2.45, 2.75) is 6.42 Å². The fraction of sp³-hybridized carbons (Fsp3) is 0.125. The van der Waals surface area contributed by atoms with Crippen LogP contribution < -0.4 is 16.2 Å². The van der Waals surface area contributed by atoms with Crippen molar-refractivity contribution in [3.8, 4) is 21.9 Å². The molecule has 0 aliphatic carbocycles. The number of rotatable bonds is 7. The minimum atomic E-state index is -0.545. The van der Waals surface area contributed by atoms with E-state index in [2.05, 4.69) is 10.1 Å². The van der Waals surface area contributed by atoms with Crippen LogP contribution in [0.3, 0.4) is 0 Å². The largest absolute Gasteiger partial charge is 0.491 e. The zero-order valence-corrected chi connectivity index (χ0v) is 19.8. The highest BCUT2D eigenvalue weighted by Gasteiger charge is 2.18. The van der Waals surface area contributed by atoms with Gasteiger partial charge in [0.15, 0.2) is 0 Å². The minimum Gasteiger partial charge on any atom is -0.491 e. The third-order valence-electron chi connectivity index (χ3n) is 5.47. The van der Waals surface area contributed by atoms with Crippen molar-refractivity contribution in [1.82, 2.24) is 19.3 Å². The lowest BCUT2D eigenvalue weighted by Crippen LogP contribution is -2.11. The van der Waals surface area contributed by atoms with Gasteiger partial charge in [0.05, 0.1) is 34.5 Å². The highest BCUT2D eigenvalue weighted by atomic mass is 35.5. The Morgan fingerprint density at radius 3 is 2.82 bits per heavy atom. The second-order valence-electron chi connectivity index (χ2n) is 7.78. The highest BCUT2D eigenvalue weighted by Crippen LogP contribution is 2.34. The summed E-state index contributed by atoms with van der Waals surface area (Å²) in [5.41, 5.74) is 16.7. The second kappa shape index (κ2) is 8.85. The first-order chi connectivity index (χ1) is 16.4. The summed E-state index contributed by atoms with van der Waals surface area (Å²) in [6.45, 7) is 0.318. The van der Waals surface area contributed by atoms with Crippen LogP contribution in [0.15, 0.2) is 61.2 Å². The molecular formula is C24H21ClN6O2S. The van der Waals surface area contributed by atoms with Crippen LogP contribution in [0, 0.1) is 0 Å². The summed E-state index contributed by atoms with van der Waals surface area (Å²) >= 11 is 7.53. The number of imidazole rings is 1. The molecule has 5 aromatic rings. The number of nitrogens with two attached hydrogens (primary N) is 2. The predicted molar refractivity (Wildman–Crippen MR) is 135 cm³/mol. The summed E-state index contributed by atoms with van der Waals surface area (Å²) in [5, 5.41) is 5.53. The van der Waals surface area contributed by atoms with Crippen molar-refractivity contribution in [3.05, 3.63) is 76.6 Å². The van der Waals surface area contributed by atoms with Crippen LogP contribution in [0.4, 0.5) is 5.69 Å². The fourth-order valence-electron chi connectivity index (χ4n) is 3.76. The van der Waals surface area contributed by atoms with E-state index in [9.17, 15) is 4.79 Å². The van der Waals surface area contributed by atoms with E-state index >= 15 is 0 Å². The number of ether oxygens (including phenoxy) is 1. The highest BCUT2D eigenvalue weighted by molar-refractivity contribution is 7.16. The molecule has 0 aliphatic rings. The lowest BCUT2D eigenvalue weighted by Gasteiger charge is -2.08. The van der Waals surface area contributed by atoms with Gasteiger partial charge < -0.3 is 16.2 Å². The zero-order valence-electron chi connectivity index (χ0n) is 18.2. The molecular weight excluding hydrogens is 472 g/mol. The Labute approximate surface area is 204 Å². The topological polar surface area (TPSA) is 114 Å². The van der Waals surface area contributed by atoms with E-state index in [4.69, 9.17) is 27.8 Å². The van der Waals surface area contributed by atoms with Crippen LogP contribution in [0.5, 0.6) is 5.75 Å². The van der Waals surface area contributed by atoms with Gasteiger partial charge in [0, 0.05) is 31.3 Å². The number of carbonyl (C=O) groups excluding carboxylic acids is 1. The zero-order chi connectivity index (χ0) is 23.8. The maximum atomic E-state index is 12.1. The first-order valence-electron chi connectivity index (χ1n) is 10.5. The molecule has 0 atom stereocenters. The van der Waals surface area contributed by atoms with E-state index in [1.54, 1.807) is 17.1 Å². The standard InChI is InChI=1S/C24H21ClN6O2S/c1-30-12-16(11-29-30)15-5-6-19-18(9-15)28-13-31(19)21-10-20(23(34-21)24(27)32)33-8-7-14-3-2-4-17(26)22(14)25/h2-6,9-13H,7-8,26H2,1H3,(H2,27,32). The van der Waals surface area contributed by atoms with E-state index < -0.39 is 5.91 Å².